The van der Waals surface area contributed by atoms with Gasteiger partial charge in [-0.05, 0) is 25.1 Å². The van der Waals surface area contributed by atoms with Crippen molar-refractivity contribution in [1.82, 2.24) is 5.32 Å². The Morgan fingerprint density at radius 3 is 2.70 bits per heavy atom. The number of halogens is 2. The van der Waals surface area contributed by atoms with Gasteiger partial charge in [-0.1, -0.05) is 18.2 Å². The molecule has 1 aliphatic rings. The van der Waals surface area contributed by atoms with Gasteiger partial charge in [0.1, 0.15) is 12.4 Å². The number of rotatable bonds is 10. The third-order valence-corrected chi connectivity index (χ3v) is 4.38. The fourth-order valence-electron chi connectivity index (χ4n) is 3.04. The van der Waals surface area contributed by atoms with E-state index in [9.17, 15) is 13.6 Å². The minimum absolute atomic E-state index is 0.0826. The summed E-state index contributed by atoms with van der Waals surface area (Å²) in [5.41, 5.74) is 3.49. The molecule has 0 fully saturated rings. The number of aliphatic imine (C=N–C) groups is 2. The van der Waals surface area contributed by atoms with E-state index in [0.717, 1.165) is 23.6 Å². The van der Waals surface area contributed by atoms with Gasteiger partial charge in [0.2, 0.25) is 5.96 Å². The summed E-state index contributed by atoms with van der Waals surface area (Å²) in [7, 11) is 3.25. The van der Waals surface area contributed by atoms with E-state index in [1.165, 1.54) is 6.92 Å². The molecule has 2 N–H and O–H groups in total. The first-order chi connectivity index (χ1) is 15.5. The summed E-state index contributed by atoms with van der Waals surface area (Å²) < 4.78 is 36.7. The maximum absolute atomic E-state index is 13.0. The smallest absolute Gasteiger partial charge is 0.268 e. The third-order valence-electron chi connectivity index (χ3n) is 4.38. The van der Waals surface area contributed by atoms with E-state index in [2.05, 4.69) is 27.2 Å². The average Bonchev–Trinajstić information content (AvgIpc) is 2.72. The molecule has 2 rings (SSSR count). The standard InChI is InChI=1S/C24H30F2N4O3/c1-15(2)9-17(12-27-5)20-8-7-18(11-22(20)32-6)28-23-29-19(10-21(30-23)16(3)31)13-33-14-24(4,25)26/h7-12,19H,1,13-14H2,2-6H3,(H2,28,29,30)/b17-9+,27-12?. The fraction of sp³-hybridized carbons (Fsp3) is 0.375. The van der Waals surface area contributed by atoms with Crippen LogP contribution in [-0.4, -0.2) is 57.3 Å². The molecule has 1 aliphatic heterocycles. The molecule has 0 saturated carbocycles. The van der Waals surface area contributed by atoms with Crippen molar-refractivity contribution in [1.29, 1.82) is 0 Å². The van der Waals surface area contributed by atoms with E-state index in [1.807, 2.05) is 25.1 Å². The summed E-state index contributed by atoms with van der Waals surface area (Å²) in [5, 5.41) is 6.03. The Hall–Kier alpha value is -3.33. The second-order valence-electron chi connectivity index (χ2n) is 7.77. The van der Waals surface area contributed by atoms with Gasteiger partial charge in [-0.25, -0.2) is 13.8 Å². The van der Waals surface area contributed by atoms with Crippen molar-refractivity contribution in [3.8, 4) is 5.75 Å². The number of hydrogen-bond acceptors (Lipinski definition) is 7. The van der Waals surface area contributed by atoms with E-state index in [1.54, 1.807) is 32.5 Å². The Balaban J connectivity index is 2.26. The molecule has 0 aliphatic carbocycles. The van der Waals surface area contributed by atoms with Crippen LogP contribution in [0.5, 0.6) is 5.75 Å². The summed E-state index contributed by atoms with van der Waals surface area (Å²) in [5.74, 6) is -2.27. The fourth-order valence-corrected chi connectivity index (χ4v) is 3.04. The SMILES string of the molecule is C=C(C)/C=C(\C=NC)c1ccc(NC2=NC(COCC(C)(F)F)C=C(C(C)=O)N2)cc1OC. The number of carbonyl (C=O) groups is 1. The molecule has 1 aromatic rings. The Morgan fingerprint density at radius 1 is 1.39 bits per heavy atom. The van der Waals surface area contributed by atoms with Gasteiger partial charge in [0.15, 0.2) is 5.78 Å². The van der Waals surface area contributed by atoms with Gasteiger partial charge < -0.3 is 20.1 Å². The molecule has 178 valence electrons. The quantitative estimate of drug-likeness (QED) is 0.403. The number of nitrogens with zero attached hydrogens (tertiary/aromatic N) is 2. The maximum atomic E-state index is 13.0. The average molecular weight is 461 g/mol. The molecule has 9 heteroatoms. The molecule has 0 amide bonds. The monoisotopic (exact) mass is 460 g/mol. The van der Waals surface area contributed by atoms with E-state index in [4.69, 9.17) is 9.47 Å². The van der Waals surface area contributed by atoms with E-state index in [0.29, 0.717) is 23.1 Å². The molecule has 0 aromatic heterocycles. The second kappa shape index (κ2) is 11.5. The highest BCUT2D eigenvalue weighted by atomic mass is 19.3. The van der Waals surface area contributed by atoms with Crippen molar-refractivity contribution >= 4 is 29.2 Å². The number of alkyl halides is 2. The minimum Gasteiger partial charge on any atom is -0.496 e. The maximum Gasteiger partial charge on any atom is 0.268 e. The predicted octanol–water partition coefficient (Wildman–Crippen LogP) is 4.24. The number of allylic oxidation sites excluding steroid dienone is 4. The topological polar surface area (TPSA) is 84.3 Å². The molecule has 0 spiro atoms. The lowest BCUT2D eigenvalue weighted by Gasteiger charge is -2.22. The number of anilines is 1. The Labute approximate surface area is 193 Å². The molecule has 33 heavy (non-hydrogen) atoms. The first-order valence-electron chi connectivity index (χ1n) is 10.3. The number of nitrogens with one attached hydrogen (secondary N) is 2. The third kappa shape index (κ3) is 8.27. The minimum atomic E-state index is -2.94. The predicted molar refractivity (Wildman–Crippen MR) is 128 cm³/mol. The molecule has 1 aromatic carbocycles. The summed E-state index contributed by atoms with van der Waals surface area (Å²) in [6.45, 7) is 7.19. The Bertz CT molecular complexity index is 1010. The molecule has 0 saturated heterocycles. The second-order valence-corrected chi connectivity index (χ2v) is 7.77. The zero-order chi connectivity index (χ0) is 24.6. The van der Waals surface area contributed by atoms with Crippen molar-refractivity contribution in [3.63, 3.8) is 0 Å². The largest absolute Gasteiger partial charge is 0.496 e. The number of benzene rings is 1. The van der Waals surface area contributed by atoms with E-state index < -0.39 is 18.6 Å². The lowest BCUT2D eigenvalue weighted by Crippen LogP contribution is -2.38. The molecular weight excluding hydrogens is 430 g/mol. The molecule has 1 atom stereocenters. The lowest BCUT2D eigenvalue weighted by atomic mass is 10.0. The molecule has 0 radical (unpaired) electrons. The Morgan fingerprint density at radius 2 is 2.12 bits per heavy atom. The van der Waals surface area contributed by atoms with E-state index in [-0.39, 0.29) is 12.4 Å². The molecule has 7 nitrogen and oxygen atoms in total. The molecule has 1 heterocycles. The van der Waals surface area contributed by atoms with Gasteiger partial charge in [-0.2, -0.15) is 0 Å². The van der Waals surface area contributed by atoms with Gasteiger partial charge in [0.05, 0.1) is 25.5 Å². The van der Waals surface area contributed by atoms with Crippen LogP contribution < -0.4 is 15.4 Å². The van der Waals surface area contributed by atoms with Crippen molar-refractivity contribution in [2.24, 2.45) is 9.98 Å². The number of Topliss-reactive ketones (excluding diaryl/α,β-unsaturated/α-hetero) is 1. The number of ketones is 1. The van der Waals surface area contributed by atoms with Crippen molar-refractivity contribution < 1.29 is 23.0 Å². The van der Waals surface area contributed by atoms with Crippen molar-refractivity contribution in [2.45, 2.75) is 32.7 Å². The summed E-state index contributed by atoms with van der Waals surface area (Å²) >= 11 is 0. The van der Waals surface area contributed by atoms with Crippen LogP contribution in [0, 0.1) is 0 Å². The molecular formula is C24H30F2N4O3. The van der Waals surface area contributed by atoms with Crippen LogP contribution >= 0.6 is 0 Å². The highest BCUT2D eigenvalue weighted by Crippen LogP contribution is 2.29. The highest BCUT2D eigenvalue weighted by Gasteiger charge is 2.23. The van der Waals surface area contributed by atoms with Gasteiger partial charge in [-0.3, -0.25) is 9.79 Å². The van der Waals surface area contributed by atoms with Crippen LogP contribution in [-0.2, 0) is 9.53 Å². The number of ether oxygens (including phenoxy) is 2. The van der Waals surface area contributed by atoms with Crippen LogP contribution in [0.1, 0.15) is 26.3 Å². The van der Waals surface area contributed by atoms with Crippen LogP contribution in [0.25, 0.3) is 5.57 Å². The summed E-state index contributed by atoms with van der Waals surface area (Å²) in [6.07, 6.45) is 5.18. The number of methoxy groups -OCH3 is 1. The zero-order valence-electron chi connectivity index (χ0n) is 19.5. The lowest BCUT2D eigenvalue weighted by molar-refractivity contribution is -0.113. The van der Waals surface area contributed by atoms with Crippen LogP contribution in [0.3, 0.4) is 0 Å². The summed E-state index contributed by atoms with van der Waals surface area (Å²) in [4.78, 5) is 20.4. The van der Waals surface area contributed by atoms with Crippen LogP contribution in [0.4, 0.5) is 14.5 Å². The number of guanidine groups is 1. The zero-order valence-corrected chi connectivity index (χ0v) is 19.5. The number of carbonyl (C=O) groups excluding carboxylic acids is 1. The van der Waals surface area contributed by atoms with Gasteiger partial charge in [-0.15, -0.1) is 0 Å². The van der Waals surface area contributed by atoms with Crippen LogP contribution in [0.2, 0.25) is 0 Å². The van der Waals surface area contributed by atoms with Crippen molar-refractivity contribution in [3.05, 3.63) is 53.8 Å². The van der Waals surface area contributed by atoms with Crippen molar-refractivity contribution in [2.75, 3.05) is 32.7 Å². The normalized spacial score (nSPS) is 16.7. The van der Waals surface area contributed by atoms with Gasteiger partial charge in [0.25, 0.3) is 5.92 Å². The first kappa shape index (κ1) is 25.9. The van der Waals surface area contributed by atoms with Gasteiger partial charge in [0, 0.05) is 50.0 Å². The van der Waals surface area contributed by atoms with Gasteiger partial charge >= 0.3 is 0 Å². The Kier molecular flexibility index (Phi) is 9.04. The van der Waals surface area contributed by atoms with Crippen LogP contribution in [0.15, 0.2) is 58.2 Å². The molecule has 1 unspecified atom stereocenters. The first-order valence-corrected chi connectivity index (χ1v) is 10.3. The number of hydrogen-bond donors (Lipinski definition) is 2. The van der Waals surface area contributed by atoms with E-state index >= 15 is 0 Å². The highest BCUT2D eigenvalue weighted by molar-refractivity contribution is 6.12. The summed E-state index contributed by atoms with van der Waals surface area (Å²) in [6, 6.07) is 4.88. The molecule has 0 bridgehead atoms.